The third-order valence-corrected chi connectivity index (χ3v) is 5.37. The Morgan fingerprint density at radius 1 is 1.53 bits per heavy atom. The molecule has 0 bridgehead atoms. The van der Waals surface area contributed by atoms with Gasteiger partial charge in [0.2, 0.25) is 10.0 Å². The van der Waals surface area contributed by atoms with Gasteiger partial charge in [0.05, 0.1) is 17.6 Å². The van der Waals surface area contributed by atoms with Crippen molar-refractivity contribution in [2.75, 3.05) is 26.2 Å². The number of nitrogens with two attached hydrogens (primary N) is 1. The van der Waals surface area contributed by atoms with Gasteiger partial charge in [-0.05, 0) is 24.6 Å². The fourth-order valence-electron chi connectivity index (χ4n) is 2.04. The molecule has 1 heterocycles. The second-order valence-electron chi connectivity index (χ2n) is 4.50. The van der Waals surface area contributed by atoms with Crippen molar-refractivity contribution in [1.29, 1.82) is 0 Å². The first kappa shape index (κ1) is 14.7. The van der Waals surface area contributed by atoms with Crippen LogP contribution in [0.15, 0.2) is 23.1 Å². The number of benzene rings is 1. The third kappa shape index (κ3) is 3.09. The normalized spacial score (nSPS) is 21.5. The number of hydrogen-bond donors (Lipinski definition) is 1. The molecule has 1 fully saturated rings. The lowest BCUT2D eigenvalue weighted by atomic mass is 10.2. The van der Waals surface area contributed by atoms with Crippen LogP contribution in [-0.4, -0.2) is 45.1 Å². The lowest BCUT2D eigenvalue weighted by Crippen LogP contribution is -2.48. The number of hydrogen-bond acceptors (Lipinski definition) is 4. The average Bonchev–Trinajstić information content (AvgIpc) is 2.41. The molecule has 0 aromatic heterocycles. The summed E-state index contributed by atoms with van der Waals surface area (Å²) in [5.41, 5.74) is 6.21. The highest BCUT2D eigenvalue weighted by molar-refractivity contribution is 7.89. The van der Waals surface area contributed by atoms with Gasteiger partial charge in [-0.1, -0.05) is 17.7 Å². The van der Waals surface area contributed by atoms with Crippen LogP contribution in [0.5, 0.6) is 0 Å². The Bertz CT molecular complexity index is 562. The van der Waals surface area contributed by atoms with Crippen molar-refractivity contribution in [1.82, 2.24) is 4.31 Å². The van der Waals surface area contributed by atoms with E-state index in [1.54, 1.807) is 19.1 Å². The van der Waals surface area contributed by atoms with Crippen molar-refractivity contribution in [3.05, 3.63) is 28.8 Å². The van der Waals surface area contributed by atoms with Crippen LogP contribution < -0.4 is 5.73 Å². The topological polar surface area (TPSA) is 72.6 Å². The zero-order chi connectivity index (χ0) is 14.0. The van der Waals surface area contributed by atoms with Gasteiger partial charge in [-0.15, -0.1) is 0 Å². The molecule has 1 saturated heterocycles. The monoisotopic (exact) mass is 304 g/mol. The van der Waals surface area contributed by atoms with E-state index in [4.69, 9.17) is 22.1 Å². The molecule has 5 nitrogen and oxygen atoms in total. The summed E-state index contributed by atoms with van der Waals surface area (Å²) < 4.78 is 32.0. The minimum atomic E-state index is -3.54. The summed E-state index contributed by atoms with van der Waals surface area (Å²) in [6.45, 7) is 3.04. The van der Waals surface area contributed by atoms with Crippen LogP contribution in [0.1, 0.15) is 5.56 Å². The predicted octanol–water partition coefficient (Wildman–Crippen LogP) is 0.997. The summed E-state index contributed by atoms with van der Waals surface area (Å²) in [6.07, 6.45) is -0.247. The standard InChI is InChI=1S/C12H17ClN2O3S/c1-9-2-3-10(13)6-12(9)19(16,17)15-4-5-18-11(7-14)8-15/h2-3,6,11H,4-5,7-8,14H2,1H3. The van der Waals surface area contributed by atoms with E-state index >= 15 is 0 Å². The van der Waals surface area contributed by atoms with E-state index in [0.717, 1.165) is 0 Å². The van der Waals surface area contributed by atoms with Crippen LogP contribution in [0.3, 0.4) is 0 Å². The first-order chi connectivity index (χ1) is 8.95. The molecule has 0 saturated carbocycles. The van der Waals surface area contributed by atoms with Crippen LogP contribution in [0, 0.1) is 6.92 Å². The van der Waals surface area contributed by atoms with Gasteiger partial charge in [-0.25, -0.2) is 8.42 Å². The Balaban J connectivity index is 2.34. The summed E-state index contributed by atoms with van der Waals surface area (Å²) in [7, 11) is -3.54. The Morgan fingerprint density at radius 3 is 2.95 bits per heavy atom. The first-order valence-corrected chi connectivity index (χ1v) is 7.85. The van der Waals surface area contributed by atoms with Crippen molar-refractivity contribution in [3.63, 3.8) is 0 Å². The van der Waals surface area contributed by atoms with E-state index in [0.29, 0.717) is 30.3 Å². The molecule has 0 spiro atoms. The first-order valence-electron chi connectivity index (χ1n) is 6.03. The fourth-order valence-corrected chi connectivity index (χ4v) is 3.99. The summed E-state index contributed by atoms with van der Waals surface area (Å²) in [5, 5.41) is 0.410. The van der Waals surface area contributed by atoms with Crippen molar-refractivity contribution < 1.29 is 13.2 Å². The summed E-state index contributed by atoms with van der Waals surface area (Å²) in [4.78, 5) is 0.248. The molecule has 2 rings (SSSR count). The van der Waals surface area contributed by atoms with E-state index in [1.807, 2.05) is 0 Å². The van der Waals surface area contributed by atoms with Gasteiger partial charge >= 0.3 is 0 Å². The highest BCUT2D eigenvalue weighted by Crippen LogP contribution is 2.24. The third-order valence-electron chi connectivity index (χ3n) is 3.13. The van der Waals surface area contributed by atoms with Gasteiger partial charge in [-0.3, -0.25) is 0 Å². The molecule has 1 aromatic carbocycles. The molecule has 1 aliphatic heterocycles. The highest BCUT2D eigenvalue weighted by Gasteiger charge is 2.31. The Labute approximate surface area is 118 Å². The molecule has 0 aliphatic carbocycles. The number of morpholine rings is 1. The highest BCUT2D eigenvalue weighted by atomic mass is 35.5. The van der Waals surface area contributed by atoms with Crippen LogP contribution in [0.2, 0.25) is 5.02 Å². The second-order valence-corrected chi connectivity index (χ2v) is 6.84. The molecular weight excluding hydrogens is 288 g/mol. The lowest BCUT2D eigenvalue weighted by Gasteiger charge is -2.31. The lowest BCUT2D eigenvalue weighted by molar-refractivity contribution is 0.00449. The Hall–Kier alpha value is -0.660. The molecule has 7 heteroatoms. The molecule has 0 radical (unpaired) electrons. The minimum Gasteiger partial charge on any atom is -0.374 e. The Kier molecular flexibility index (Phi) is 4.47. The van der Waals surface area contributed by atoms with Gasteiger partial charge in [0.1, 0.15) is 0 Å². The van der Waals surface area contributed by atoms with Gasteiger partial charge in [0.15, 0.2) is 0 Å². The number of halogens is 1. The maximum atomic E-state index is 12.6. The van der Waals surface area contributed by atoms with Crippen molar-refractivity contribution in [3.8, 4) is 0 Å². The molecule has 1 aromatic rings. The summed E-state index contributed by atoms with van der Waals surface area (Å²) in [6, 6.07) is 4.87. The molecule has 19 heavy (non-hydrogen) atoms. The molecule has 106 valence electrons. The molecular formula is C12H17ClN2O3S. The number of nitrogens with zero attached hydrogens (tertiary/aromatic N) is 1. The smallest absolute Gasteiger partial charge is 0.243 e. The zero-order valence-corrected chi connectivity index (χ0v) is 12.2. The van der Waals surface area contributed by atoms with Gasteiger partial charge in [0.25, 0.3) is 0 Å². The second kappa shape index (κ2) is 5.76. The van der Waals surface area contributed by atoms with E-state index < -0.39 is 10.0 Å². The van der Waals surface area contributed by atoms with Gasteiger partial charge < -0.3 is 10.5 Å². The van der Waals surface area contributed by atoms with Gasteiger partial charge in [-0.2, -0.15) is 4.31 Å². The molecule has 0 amide bonds. The summed E-state index contributed by atoms with van der Waals surface area (Å²) in [5.74, 6) is 0. The largest absolute Gasteiger partial charge is 0.374 e. The fraction of sp³-hybridized carbons (Fsp3) is 0.500. The average molecular weight is 305 g/mol. The number of aryl methyl sites for hydroxylation is 1. The molecule has 1 unspecified atom stereocenters. The SMILES string of the molecule is Cc1ccc(Cl)cc1S(=O)(=O)N1CCOC(CN)C1. The number of ether oxygens (including phenoxy) is 1. The van der Waals surface area contributed by atoms with E-state index in [2.05, 4.69) is 0 Å². The van der Waals surface area contributed by atoms with Crippen LogP contribution >= 0.6 is 11.6 Å². The van der Waals surface area contributed by atoms with Crippen LogP contribution in [-0.2, 0) is 14.8 Å². The predicted molar refractivity (Wildman–Crippen MR) is 73.7 cm³/mol. The maximum Gasteiger partial charge on any atom is 0.243 e. The van der Waals surface area contributed by atoms with E-state index in [-0.39, 0.29) is 17.5 Å². The number of sulfonamides is 1. The van der Waals surface area contributed by atoms with E-state index in [1.165, 1.54) is 10.4 Å². The van der Waals surface area contributed by atoms with Crippen molar-refractivity contribution in [2.24, 2.45) is 5.73 Å². The van der Waals surface area contributed by atoms with Crippen molar-refractivity contribution in [2.45, 2.75) is 17.9 Å². The zero-order valence-electron chi connectivity index (χ0n) is 10.7. The molecule has 1 atom stereocenters. The molecule has 2 N–H and O–H groups in total. The summed E-state index contributed by atoms with van der Waals surface area (Å²) >= 11 is 5.89. The van der Waals surface area contributed by atoms with Crippen LogP contribution in [0.4, 0.5) is 0 Å². The Morgan fingerprint density at radius 2 is 2.26 bits per heavy atom. The van der Waals surface area contributed by atoms with Gasteiger partial charge in [0, 0.05) is 24.7 Å². The molecule has 1 aliphatic rings. The van der Waals surface area contributed by atoms with Crippen LogP contribution in [0.25, 0.3) is 0 Å². The van der Waals surface area contributed by atoms with Crippen molar-refractivity contribution >= 4 is 21.6 Å². The quantitative estimate of drug-likeness (QED) is 0.904. The number of rotatable bonds is 3. The minimum absolute atomic E-state index is 0.247. The maximum absolute atomic E-state index is 12.6. The van der Waals surface area contributed by atoms with E-state index in [9.17, 15) is 8.42 Å².